The standard InChI is InChI=1S/C22H19N5OS2/c28-14-18(13-17-15-29-22(24-17)16-5-7-23-8-6-16)26-9-11-27(12-10-26)21-19-3-1-2-4-20(19)30-25-21/h1-8,15H,9-13H2. The van der Waals surface area contributed by atoms with Crippen molar-refractivity contribution < 1.29 is 4.79 Å². The molecule has 30 heavy (non-hydrogen) atoms. The van der Waals surface area contributed by atoms with Crippen LogP contribution in [0.4, 0.5) is 5.82 Å². The minimum atomic E-state index is 0.505. The Morgan fingerprint density at radius 3 is 2.67 bits per heavy atom. The number of aromatic nitrogens is 3. The van der Waals surface area contributed by atoms with Crippen LogP contribution in [0.2, 0.25) is 0 Å². The SMILES string of the molecule is O=C=C(Cc1csc(-c2ccncc2)n1)N1CCN(c2nsc3ccccc23)CC1. The van der Waals surface area contributed by atoms with E-state index in [-0.39, 0.29) is 0 Å². The van der Waals surface area contributed by atoms with Crippen molar-refractivity contribution in [3.63, 3.8) is 0 Å². The number of anilines is 1. The van der Waals surface area contributed by atoms with Crippen molar-refractivity contribution in [2.75, 3.05) is 31.1 Å². The van der Waals surface area contributed by atoms with Gasteiger partial charge in [0.25, 0.3) is 0 Å². The molecule has 1 aliphatic rings. The van der Waals surface area contributed by atoms with E-state index in [1.807, 2.05) is 23.6 Å². The van der Waals surface area contributed by atoms with Gasteiger partial charge in [-0.1, -0.05) is 12.1 Å². The topological polar surface area (TPSA) is 62.2 Å². The lowest BCUT2D eigenvalue weighted by atomic mass is 10.2. The van der Waals surface area contributed by atoms with E-state index < -0.39 is 0 Å². The quantitative estimate of drug-likeness (QED) is 0.445. The van der Waals surface area contributed by atoms with Gasteiger partial charge in [-0.05, 0) is 35.8 Å². The minimum Gasteiger partial charge on any atom is -0.362 e. The minimum absolute atomic E-state index is 0.505. The molecule has 6 nitrogen and oxygen atoms in total. The van der Waals surface area contributed by atoms with Gasteiger partial charge in [0.2, 0.25) is 0 Å². The lowest BCUT2D eigenvalue weighted by Gasteiger charge is -2.36. The molecular weight excluding hydrogens is 414 g/mol. The molecule has 1 aromatic carbocycles. The number of hydrogen-bond acceptors (Lipinski definition) is 8. The molecule has 5 rings (SSSR count). The molecule has 0 saturated carbocycles. The van der Waals surface area contributed by atoms with Crippen LogP contribution in [0.3, 0.4) is 0 Å². The summed E-state index contributed by atoms with van der Waals surface area (Å²) in [6.07, 6.45) is 4.03. The largest absolute Gasteiger partial charge is 0.362 e. The van der Waals surface area contributed by atoms with Crippen molar-refractivity contribution in [3.05, 3.63) is 65.6 Å². The Kier molecular flexibility index (Phi) is 5.27. The number of benzene rings is 1. The van der Waals surface area contributed by atoms with E-state index in [0.717, 1.165) is 48.3 Å². The monoisotopic (exact) mass is 433 g/mol. The van der Waals surface area contributed by atoms with Gasteiger partial charge in [0.1, 0.15) is 22.5 Å². The van der Waals surface area contributed by atoms with Gasteiger partial charge in [-0.3, -0.25) is 4.98 Å². The highest BCUT2D eigenvalue weighted by Crippen LogP contribution is 2.30. The lowest BCUT2D eigenvalue weighted by Crippen LogP contribution is -2.46. The number of nitrogens with zero attached hydrogens (tertiary/aromatic N) is 5. The fourth-order valence-corrected chi connectivity index (χ4v) is 5.31. The summed E-state index contributed by atoms with van der Waals surface area (Å²) in [6, 6.07) is 12.2. The Balaban J connectivity index is 1.25. The van der Waals surface area contributed by atoms with Gasteiger partial charge in [-0.25, -0.2) is 9.78 Å². The Hall–Kier alpha value is -3.06. The summed E-state index contributed by atoms with van der Waals surface area (Å²) in [7, 11) is 0. The predicted molar refractivity (Wildman–Crippen MR) is 122 cm³/mol. The normalized spacial score (nSPS) is 14.1. The van der Waals surface area contributed by atoms with Crippen LogP contribution in [0.25, 0.3) is 20.7 Å². The third kappa shape index (κ3) is 3.73. The smallest absolute Gasteiger partial charge is 0.150 e. The van der Waals surface area contributed by atoms with Crippen LogP contribution >= 0.6 is 22.9 Å². The number of hydrogen-bond donors (Lipinski definition) is 0. The van der Waals surface area contributed by atoms with E-state index in [9.17, 15) is 4.79 Å². The number of piperazine rings is 1. The molecule has 0 spiro atoms. The molecule has 3 aromatic heterocycles. The molecule has 150 valence electrons. The average Bonchev–Trinajstić information content (AvgIpc) is 3.46. The second kappa shape index (κ2) is 8.36. The van der Waals surface area contributed by atoms with E-state index in [1.54, 1.807) is 23.7 Å². The molecule has 4 aromatic rings. The number of allylic oxidation sites excluding steroid dienone is 1. The predicted octanol–water partition coefficient (Wildman–Crippen LogP) is 3.90. The highest BCUT2D eigenvalue weighted by atomic mass is 32.1. The average molecular weight is 434 g/mol. The summed E-state index contributed by atoms with van der Waals surface area (Å²) in [4.78, 5) is 24.9. The molecule has 1 aliphatic heterocycles. The van der Waals surface area contributed by atoms with Gasteiger partial charge in [-0.15, -0.1) is 11.3 Å². The van der Waals surface area contributed by atoms with E-state index in [0.29, 0.717) is 12.1 Å². The van der Waals surface area contributed by atoms with Gasteiger partial charge in [0.15, 0.2) is 0 Å². The van der Waals surface area contributed by atoms with E-state index in [1.165, 1.54) is 21.6 Å². The Labute approximate surface area is 182 Å². The first-order valence-electron chi connectivity index (χ1n) is 9.75. The van der Waals surface area contributed by atoms with Crippen molar-refractivity contribution in [1.82, 2.24) is 19.2 Å². The highest BCUT2D eigenvalue weighted by molar-refractivity contribution is 7.13. The molecule has 8 heteroatoms. The zero-order valence-electron chi connectivity index (χ0n) is 16.2. The van der Waals surface area contributed by atoms with E-state index >= 15 is 0 Å². The number of pyridine rings is 1. The summed E-state index contributed by atoms with van der Waals surface area (Å²) >= 11 is 3.12. The third-order valence-electron chi connectivity index (χ3n) is 5.26. The molecule has 0 radical (unpaired) electrons. The molecule has 0 unspecified atom stereocenters. The summed E-state index contributed by atoms with van der Waals surface area (Å²) in [5.74, 6) is 3.21. The first-order chi connectivity index (χ1) is 14.8. The second-order valence-electron chi connectivity index (χ2n) is 7.08. The maximum Gasteiger partial charge on any atom is 0.150 e. The molecule has 0 amide bonds. The molecule has 0 aliphatic carbocycles. The van der Waals surface area contributed by atoms with Crippen molar-refractivity contribution in [3.8, 4) is 10.6 Å². The molecule has 1 saturated heterocycles. The fraction of sp³-hybridized carbons (Fsp3) is 0.227. The maximum atomic E-state index is 11.7. The molecule has 0 N–H and O–H groups in total. The van der Waals surface area contributed by atoms with Crippen molar-refractivity contribution in [1.29, 1.82) is 0 Å². The maximum absolute atomic E-state index is 11.7. The fourth-order valence-electron chi connectivity index (χ4n) is 3.69. The molecule has 1 fully saturated rings. The Morgan fingerprint density at radius 2 is 1.87 bits per heavy atom. The number of fused-ring (bicyclic) bond motifs is 1. The van der Waals surface area contributed by atoms with Crippen LogP contribution in [0.5, 0.6) is 0 Å². The third-order valence-corrected chi connectivity index (χ3v) is 7.02. The van der Waals surface area contributed by atoms with Crippen LogP contribution in [0.15, 0.2) is 59.9 Å². The molecule has 0 atom stereocenters. The van der Waals surface area contributed by atoms with Crippen LogP contribution in [-0.4, -0.2) is 51.4 Å². The van der Waals surface area contributed by atoms with Crippen LogP contribution < -0.4 is 4.90 Å². The first-order valence-corrected chi connectivity index (χ1v) is 11.4. The van der Waals surface area contributed by atoms with Gasteiger partial charge in [-0.2, -0.15) is 4.37 Å². The zero-order valence-corrected chi connectivity index (χ0v) is 17.8. The number of carbonyl (C=O) groups excluding carboxylic acids is 1. The second-order valence-corrected chi connectivity index (χ2v) is 8.74. The van der Waals surface area contributed by atoms with E-state index in [2.05, 4.69) is 43.3 Å². The highest BCUT2D eigenvalue weighted by Gasteiger charge is 2.23. The van der Waals surface area contributed by atoms with Crippen molar-refractivity contribution in [2.24, 2.45) is 0 Å². The lowest BCUT2D eigenvalue weighted by molar-refractivity contribution is 0.316. The summed E-state index contributed by atoms with van der Waals surface area (Å²) < 4.78 is 5.87. The molecule has 4 heterocycles. The Bertz CT molecular complexity index is 1200. The zero-order chi connectivity index (χ0) is 20.3. The summed E-state index contributed by atoms with van der Waals surface area (Å²) in [5, 5.41) is 4.16. The molecular formula is C22H19N5OS2. The van der Waals surface area contributed by atoms with Gasteiger partial charge in [0.05, 0.1) is 10.4 Å². The van der Waals surface area contributed by atoms with Crippen molar-refractivity contribution in [2.45, 2.75) is 6.42 Å². The summed E-state index contributed by atoms with van der Waals surface area (Å²) in [6.45, 7) is 3.21. The van der Waals surface area contributed by atoms with Crippen LogP contribution in [-0.2, 0) is 11.2 Å². The Morgan fingerprint density at radius 1 is 1.07 bits per heavy atom. The van der Waals surface area contributed by atoms with E-state index in [4.69, 9.17) is 4.98 Å². The number of thiazole rings is 1. The van der Waals surface area contributed by atoms with Crippen LogP contribution in [0.1, 0.15) is 5.69 Å². The summed E-state index contributed by atoms with van der Waals surface area (Å²) in [5.41, 5.74) is 2.62. The van der Waals surface area contributed by atoms with Gasteiger partial charge in [0, 0.05) is 61.3 Å². The van der Waals surface area contributed by atoms with Gasteiger partial charge >= 0.3 is 0 Å². The first kappa shape index (κ1) is 18.9. The van der Waals surface area contributed by atoms with Crippen molar-refractivity contribution >= 4 is 44.7 Å². The van der Waals surface area contributed by atoms with Gasteiger partial charge < -0.3 is 9.80 Å². The number of rotatable bonds is 5. The van der Waals surface area contributed by atoms with Crippen LogP contribution in [0, 0.1) is 0 Å². The molecule has 0 bridgehead atoms.